The van der Waals surface area contributed by atoms with Crippen molar-refractivity contribution in [3.05, 3.63) is 29.6 Å². The van der Waals surface area contributed by atoms with Gasteiger partial charge in [-0.1, -0.05) is 6.07 Å². The van der Waals surface area contributed by atoms with E-state index in [1.165, 1.54) is 6.07 Å². The van der Waals surface area contributed by atoms with E-state index in [0.29, 0.717) is 43.6 Å². The molecule has 8 heteroatoms. The molecule has 3 rings (SSSR count). The molecule has 0 aliphatic carbocycles. The summed E-state index contributed by atoms with van der Waals surface area (Å²) < 4.78 is 20.1. The third kappa shape index (κ3) is 5.46. The summed E-state index contributed by atoms with van der Waals surface area (Å²) in [6, 6.07) is 4.33. The molecule has 1 aromatic rings. The van der Waals surface area contributed by atoms with E-state index in [2.05, 4.69) is 10.6 Å². The maximum Gasteiger partial charge on any atom is 0.410 e. The molecule has 0 bridgehead atoms. The zero-order valence-corrected chi connectivity index (χ0v) is 17.1. The number of likely N-dealkylation sites (tertiary alicyclic amines) is 1. The number of anilines is 1. The number of hydrogen-bond donors (Lipinski definition) is 2. The first-order chi connectivity index (χ1) is 13.6. The largest absolute Gasteiger partial charge is 0.444 e. The van der Waals surface area contributed by atoms with Crippen LogP contribution in [0.5, 0.6) is 0 Å². The Kier molecular flexibility index (Phi) is 6.10. The van der Waals surface area contributed by atoms with Crippen LogP contribution < -0.4 is 10.6 Å². The number of nitrogens with one attached hydrogen (secondary N) is 2. The Balaban J connectivity index is 1.58. The van der Waals surface area contributed by atoms with Crippen LogP contribution in [-0.2, 0) is 14.3 Å². The molecule has 29 heavy (non-hydrogen) atoms. The van der Waals surface area contributed by atoms with E-state index < -0.39 is 11.6 Å². The molecule has 7 nitrogen and oxygen atoms in total. The molecule has 0 saturated carbocycles. The van der Waals surface area contributed by atoms with Crippen LogP contribution in [0.4, 0.5) is 14.9 Å². The van der Waals surface area contributed by atoms with Crippen molar-refractivity contribution in [1.82, 2.24) is 10.2 Å². The van der Waals surface area contributed by atoms with Crippen molar-refractivity contribution in [3.63, 3.8) is 0 Å². The lowest BCUT2D eigenvalue weighted by Crippen LogP contribution is -2.47. The third-order valence-electron chi connectivity index (χ3n) is 5.17. The summed E-state index contributed by atoms with van der Waals surface area (Å²) in [5.41, 5.74) is 0.584. The quantitative estimate of drug-likeness (QED) is 0.755. The molecule has 2 fully saturated rings. The molecule has 2 N–H and O–H groups in total. The van der Waals surface area contributed by atoms with E-state index >= 15 is 0 Å². The number of piperidine rings is 2. The topological polar surface area (TPSA) is 87.7 Å². The molecule has 2 aliphatic rings. The fourth-order valence-corrected chi connectivity index (χ4v) is 3.68. The number of imide groups is 1. The minimum Gasteiger partial charge on any atom is -0.444 e. The minimum absolute atomic E-state index is 0.0262. The van der Waals surface area contributed by atoms with Gasteiger partial charge in [0.05, 0.1) is 0 Å². The van der Waals surface area contributed by atoms with Crippen molar-refractivity contribution >= 4 is 23.6 Å². The number of amides is 3. The van der Waals surface area contributed by atoms with Gasteiger partial charge in [-0.3, -0.25) is 14.9 Å². The summed E-state index contributed by atoms with van der Waals surface area (Å²) in [5, 5.41) is 5.27. The summed E-state index contributed by atoms with van der Waals surface area (Å²) in [4.78, 5) is 36.9. The molecule has 2 heterocycles. The molecule has 2 saturated heterocycles. The molecule has 0 spiro atoms. The van der Waals surface area contributed by atoms with Crippen LogP contribution in [0, 0.1) is 5.82 Å². The zero-order valence-electron chi connectivity index (χ0n) is 17.1. The van der Waals surface area contributed by atoms with Gasteiger partial charge in [0, 0.05) is 25.2 Å². The van der Waals surface area contributed by atoms with Gasteiger partial charge in [0.1, 0.15) is 17.5 Å². The third-order valence-corrected chi connectivity index (χ3v) is 5.17. The van der Waals surface area contributed by atoms with Crippen molar-refractivity contribution in [3.8, 4) is 0 Å². The first-order valence-corrected chi connectivity index (χ1v) is 10.00. The Bertz CT molecular complexity index is 798. The predicted octanol–water partition coefficient (Wildman–Crippen LogP) is 3.16. The van der Waals surface area contributed by atoms with Gasteiger partial charge in [0.15, 0.2) is 0 Å². The van der Waals surface area contributed by atoms with Crippen molar-refractivity contribution in [2.75, 3.05) is 18.4 Å². The summed E-state index contributed by atoms with van der Waals surface area (Å²) in [6.07, 6.45) is 1.64. The average molecular weight is 405 g/mol. The second-order valence-electron chi connectivity index (χ2n) is 8.63. The number of carbonyl (C=O) groups is 3. The lowest BCUT2D eigenvalue weighted by molar-refractivity contribution is -0.133. The molecule has 0 unspecified atom stereocenters. The number of halogens is 1. The molecule has 3 amide bonds. The normalized spacial score (nSPS) is 21.0. The Hall–Kier alpha value is -2.64. The average Bonchev–Trinajstić information content (AvgIpc) is 2.63. The van der Waals surface area contributed by atoms with Crippen LogP contribution in [0.1, 0.15) is 57.9 Å². The zero-order chi connectivity index (χ0) is 21.2. The standard InChI is InChI=1S/C21H28FN3O4/c1-21(2,3)29-20(28)25-10-8-13(9-11-25)15-5-4-14(12-16(15)22)23-17-6-7-18(26)24-19(17)27/h4-5,12-13,17,23H,6-11H2,1-3H3,(H,24,26,27)/t17-/m0/s1. The van der Waals surface area contributed by atoms with Gasteiger partial charge >= 0.3 is 6.09 Å². The van der Waals surface area contributed by atoms with Crippen molar-refractivity contribution in [2.24, 2.45) is 0 Å². The molecular weight excluding hydrogens is 377 g/mol. The first kappa shape index (κ1) is 21.1. The number of benzene rings is 1. The Morgan fingerprint density at radius 2 is 1.90 bits per heavy atom. The van der Waals surface area contributed by atoms with Gasteiger partial charge in [-0.15, -0.1) is 0 Å². The summed E-state index contributed by atoms with van der Waals surface area (Å²) >= 11 is 0. The van der Waals surface area contributed by atoms with Crippen LogP contribution in [-0.4, -0.2) is 47.5 Å². The summed E-state index contributed by atoms with van der Waals surface area (Å²) in [5.74, 6) is -0.982. The summed E-state index contributed by atoms with van der Waals surface area (Å²) in [7, 11) is 0. The highest BCUT2D eigenvalue weighted by molar-refractivity contribution is 6.01. The fourth-order valence-electron chi connectivity index (χ4n) is 3.68. The Morgan fingerprint density at radius 3 is 2.48 bits per heavy atom. The Morgan fingerprint density at radius 1 is 1.21 bits per heavy atom. The van der Waals surface area contributed by atoms with Gasteiger partial charge < -0.3 is 15.0 Å². The van der Waals surface area contributed by atoms with Crippen LogP contribution >= 0.6 is 0 Å². The van der Waals surface area contributed by atoms with Crippen molar-refractivity contribution in [1.29, 1.82) is 0 Å². The second kappa shape index (κ2) is 8.39. The number of hydrogen-bond acceptors (Lipinski definition) is 5. The Labute approximate surface area is 170 Å². The molecule has 2 aliphatic heterocycles. The monoisotopic (exact) mass is 405 g/mol. The van der Waals surface area contributed by atoms with E-state index in [1.54, 1.807) is 17.0 Å². The van der Waals surface area contributed by atoms with Crippen LogP contribution in [0.3, 0.4) is 0 Å². The van der Waals surface area contributed by atoms with Crippen LogP contribution in [0.25, 0.3) is 0 Å². The fraction of sp³-hybridized carbons (Fsp3) is 0.571. The van der Waals surface area contributed by atoms with Crippen LogP contribution in [0.2, 0.25) is 0 Å². The van der Waals surface area contributed by atoms with Gasteiger partial charge in [-0.25, -0.2) is 9.18 Å². The number of nitrogens with zero attached hydrogens (tertiary/aromatic N) is 1. The van der Waals surface area contributed by atoms with E-state index in [4.69, 9.17) is 4.74 Å². The first-order valence-electron chi connectivity index (χ1n) is 10.00. The van der Waals surface area contributed by atoms with E-state index in [9.17, 15) is 18.8 Å². The minimum atomic E-state index is -0.546. The highest BCUT2D eigenvalue weighted by Gasteiger charge is 2.29. The van der Waals surface area contributed by atoms with Gasteiger partial charge in [0.2, 0.25) is 11.8 Å². The second-order valence-corrected chi connectivity index (χ2v) is 8.63. The number of ether oxygens (including phenoxy) is 1. The van der Waals surface area contributed by atoms with Crippen molar-refractivity contribution in [2.45, 2.75) is 64.0 Å². The van der Waals surface area contributed by atoms with E-state index in [-0.39, 0.29) is 36.1 Å². The van der Waals surface area contributed by atoms with Gasteiger partial charge in [-0.2, -0.15) is 0 Å². The van der Waals surface area contributed by atoms with Crippen molar-refractivity contribution < 1.29 is 23.5 Å². The summed E-state index contributed by atoms with van der Waals surface area (Å²) in [6.45, 7) is 6.54. The number of carbonyl (C=O) groups excluding carboxylic acids is 3. The lowest BCUT2D eigenvalue weighted by atomic mass is 9.89. The number of rotatable bonds is 3. The molecular formula is C21H28FN3O4. The smallest absolute Gasteiger partial charge is 0.410 e. The molecule has 1 atom stereocenters. The SMILES string of the molecule is CC(C)(C)OC(=O)N1CCC(c2ccc(N[C@H]3CCC(=O)NC3=O)cc2F)CC1. The maximum absolute atomic E-state index is 14.7. The molecule has 0 radical (unpaired) electrons. The van der Waals surface area contributed by atoms with Crippen LogP contribution in [0.15, 0.2) is 18.2 Å². The lowest BCUT2D eigenvalue weighted by Gasteiger charge is -2.33. The predicted molar refractivity (Wildman–Crippen MR) is 106 cm³/mol. The molecule has 0 aromatic heterocycles. The highest BCUT2D eigenvalue weighted by Crippen LogP contribution is 2.32. The highest BCUT2D eigenvalue weighted by atomic mass is 19.1. The molecule has 158 valence electrons. The maximum atomic E-state index is 14.7. The van der Waals surface area contributed by atoms with Gasteiger partial charge in [-0.05, 0) is 63.6 Å². The molecule has 1 aromatic carbocycles. The van der Waals surface area contributed by atoms with E-state index in [0.717, 1.165) is 0 Å². The van der Waals surface area contributed by atoms with Gasteiger partial charge in [0.25, 0.3) is 0 Å². The van der Waals surface area contributed by atoms with E-state index in [1.807, 2.05) is 20.8 Å².